The average Bonchev–Trinajstić information content (AvgIpc) is 3.21. The number of hydrogen-bond acceptors (Lipinski definition) is 3. The van der Waals surface area contributed by atoms with Crippen molar-refractivity contribution in [3.05, 3.63) is 28.8 Å². The molecule has 8 heteroatoms. The summed E-state index contributed by atoms with van der Waals surface area (Å²) in [5.41, 5.74) is 5.58. The van der Waals surface area contributed by atoms with Gasteiger partial charge in [0, 0.05) is 17.6 Å². The predicted molar refractivity (Wildman–Crippen MR) is 78.4 cm³/mol. The van der Waals surface area contributed by atoms with Crippen LogP contribution >= 0.6 is 24.0 Å². The molecule has 0 heterocycles. The molecule has 2 rings (SSSR count). The van der Waals surface area contributed by atoms with E-state index in [9.17, 15) is 13.6 Å². The first-order valence-corrected chi connectivity index (χ1v) is 6.64. The maximum absolute atomic E-state index is 12.3. The van der Waals surface area contributed by atoms with Gasteiger partial charge in [0.15, 0.2) is 0 Å². The number of alkyl halides is 2. The molecule has 1 saturated carbocycles. The summed E-state index contributed by atoms with van der Waals surface area (Å²) in [6.45, 7) is -2.70. The number of nitrogens with two attached hydrogens (primary N) is 1. The molecule has 21 heavy (non-hydrogen) atoms. The highest BCUT2D eigenvalue weighted by Crippen LogP contribution is 2.32. The van der Waals surface area contributed by atoms with Crippen LogP contribution in [-0.2, 0) is 0 Å². The SMILES string of the molecule is Cl.NCC(NC(=O)c1cc(Cl)ccc1OC(F)F)C1CC1. The second kappa shape index (κ2) is 7.77. The summed E-state index contributed by atoms with van der Waals surface area (Å²) < 4.78 is 29.0. The van der Waals surface area contributed by atoms with Gasteiger partial charge in [0.05, 0.1) is 5.56 Å². The molecule has 1 aromatic rings. The van der Waals surface area contributed by atoms with Gasteiger partial charge in [-0.15, -0.1) is 12.4 Å². The molecule has 1 atom stereocenters. The maximum atomic E-state index is 12.3. The molecular formula is C13H16Cl2F2N2O2. The molecule has 1 aliphatic carbocycles. The van der Waals surface area contributed by atoms with E-state index in [2.05, 4.69) is 10.1 Å². The molecule has 4 nitrogen and oxygen atoms in total. The highest BCUT2D eigenvalue weighted by molar-refractivity contribution is 6.31. The molecule has 1 unspecified atom stereocenters. The van der Waals surface area contributed by atoms with Crippen LogP contribution in [0, 0.1) is 5.92 Å². The number of ether oxygens (including phenoxy) is 1. The van der Waals surface area contributed by atoms with E-state index in [0.29, 0.717) is 12.5 Å². The van der Waals surface area contributed by atoms with Gasteiger partial charge in [-0.2, -0.15) is 8.78 Å². The fraction of sp³-hybridized carbons (Fsp3) is 0.462. The largest absolute Gasteiger partial charge is 0.434 e. The summed E-state index contributed by atoms with van der Waals surface area (Å²) in [6, 6.07) is 3.78. The van der Waals surface area contributed by atoms with Crippen LogP contribution in [0.15, 0.2) is 18.2 Å². The molecule has 0 radical (unpaired) electrons. The summed E-state index contributed by atoms with van der Waals surface area (Å²) in [4.78, 5) is 12.2. The third-order valence-electron chi connectivity index (χ3n) is 3.16. The minimum Gasteiger partial charge on any atom is -0.434 e. The van der Waals surface area contributed by atoms with Crippen molar-refractivity contribution >= 4 is 29.9 Å². The number of amides is 1. The van der Waals surface area contributed by atoms with Crippen molar-refractivity contribution in [3.63, 3.8) is 0 Å². The van der Waals surface area contributed by atoms with Gasteiger partial charge in [-0.25, -0.2) is 0 Å². The predicted octanol–water partition coefficient (Wildman–Crippen LogP) is 2.83. The van der Waals surface area contributed by atoms with Crippen molar-refractivity contribution in [2.75, 3.05) is 6.54 Å². The first kappa shape index (κ1) is 17.9. The van der Waals surface area contributed by atoms with Crippen LogP contribution in [0.4, 0.5) is 8.78 Å². The normalized spacial score (nSPS) is 15.3. The number of benzene rings is 1. The van der Waals surface area contributed by atoms with Gasteiger partial charge < -0.3 is 15.8 Å². The number of carbonyl (C=O) groups is 1. The number of rotatable bonds is 6. The molecule has 1 aliphatic rings. The second-order valence-electron chi connectivity index (χ2n) is 4.67. The molecule has 1 aromatic carbocycles. The monoisotopic (exact) mass is 340 g/mol. The van der Waals surface area contributed by atoms with E-state index in [1.807, 2.05) is 0 Å². The van der Waals surface area contributed by atoms with Gasteiger partial charge in [-0.05, 0) is 37.0 Å². The summed E-state index contributed by atoms with van der Waals surface area (Å²) in [7, 11) is 0. The lowest BCUT2D eigenvalue weighted by Gasteiger charge is -2.17. The van der Waals surface area contributed by atoms with Crippen LogP contribution in [0.25, 0.3) is 0 Å². The molecule has 0 aliphatic heterocycles. The van der Waals surface area contributed by atoms with Crippen molar-refractivity contribution in [2.24, 2.45) is 11.7 Å². The highest BCUT2D eigenvalue weighted by Gasteiger charge is 2.32. The Balaban J connectivity index is 0.00000220. The minimum atomic E-state index is -3.00. The average molecular weight is 341 g/mol. The van der Waals surface area contributed by atoms with E-state index in [1.165, 1.54) is 18.2 Å². The van der Waals surface area contributed by atoms with Crippen LogP contribution in [0.3, 0.4) is 0 Å². The van der Waals surface area contributed by atoms with E-state index in [4.69, 9.17) is 17.3 Å². The number of nitrogens with one attached hydrogen (secondary N) is 1. The highest BCUT2D eigenvalue weighted by atomic mass is 35.5. The van der Waals surface area contributed by atoms with Crippen molar-refractivity contribution in [3.8, 4) is 5.75 Å². The Bertz CT molecular complexity index is 499. The van der Waals surface area contributed by atoms with Gasteiger partial charge in [0.2, 0.25) is 0 Å². The van der Waals surface area contributed by atoms with Gasteiger partial charge in [-0.3, -0.25) is 4.79 Å². The van der Waals surface area contributed by atoms with Gasteiger partial charge >= 0.3 is 6.61 Å². The minimum absolute atomic E-state index is 0. The van der Waals surface area contributed by atoms with E-state index in [0.717, 1.165) is 12.8 Å². The van der Waals surface area contributed by atoms with Crippen LogP contribution in [0.5, 0.6) is 5.75 Å². The van der Waals surface area contributed by atoms with Gasteiger partial charge in [0.25, 0.3) is 5.91 Å². The fourth-order valence-corrected chi connectivity index (χ4v) is 2.16. The Morgan fingerprint density at radius 3 is 2.67 bits per heavy atom. The first-order valence-electron chi connectivity index (χ1n) is 6.26. The van der Waals surface area contributed by atoms with Gasteiger partial charge in [0.1, 0.15) is 5.75 Å². The van der Waals surface area contributed by atoms with Crippen molar-refractivity contribution < 1.29 is 18.3 Å². The van der Waals surface area contributed by atoms with Crippen LogP contribution in [-0.4, -0.2) is 25.1 Å². The summed E-state index contributed by atoms with van der Waals surface area (Å²) >= 11 is 5.80. The van der Waals surface area contributed by atoms with Crippen LogP contribution < -0.4 is 15.8 Å². The lowest BCUT2D eigenvalue weighted by molar-refractivity contribution is -0.0501. The maximum Gasteiger partial charge on any atom is 0.387 e. The topological polar surface area (TPSA) is 64.3 Å². The Kier molecular flexibility index (Phi) is 6.64. The molecule has 1 amide bonds. The van der Waals surface area contributed by atoms with Gasteiger partial charge in [-0.1, -0.05) is 11.6 Å². The second-order valence-corrected chi connectivity index (χ2v) is 5.11. The van der Waals surface area contributed by atoms with Crippen molar-refractivity contribution in [1.82, 2.24) is 5.32 Å². The fourth-order valence-electron chi connectivity index (χ4n) is 1.99. The Labute approximate surface area is 132 Å². The zero-order chi connectivity index (χ0) is 14.7. The molecule has 0 saturated heterocycles. The lowest BCUT2D eigenvalue weighted by Crippen LogP contribution is -2.41. The standard InChI is InChI=1S/C13H15ClF2N2O2.ClH/c14-8-3-4-11(20-13(15)16)9(5-8)12(19)18-10(6-17)7-1-2-7;/h3-5,7,10,13H,1-2,6,17H2,(H,18,19);1H. The summed E-state index contributed by atoms with van der Waals surface area (Å²) in [6.07, 6.45) is 2.02. The van der Waals surface area contributed by atoms with Crippen molar-refractivity contribution in [1.29, 1.82) is 0 Å². The summed E-state index contributed by atoms with van der Waals surface area (Å²) in [5, 5.41) is 3.01. The van der Waals surface area contributed by atoms with Crippen LogP contribution in [0.1, 0.15) is 23.2 Å². The summed E-state index contributed by atoms with van der Waals surface area (Å²) in [5.74, 6) is -0.346. The molecule has 3 N–H and O–H groups in total. The van der Waals surface area contributed by atoms with E-state index >= 15 is 0 Å². The molecular weight excluding hydrogens is 325 g/mol. The third kappa shape index (κ3) is 4.98. The molecule has 1 fully saturated rings. The van der Waals surface area contributed by atoms with E-state index in [-0.39, 0.29) is 34.8 Å². The zero-order valence-corrected chi connectivity index (χ0v) is 12.6. The first-order chi connectivity index (χ1) is 9.51. The van der Waals surface area contributed by atoms with Crippen LogP contribution in [0.2, 0.25) is 5.02 Å². The quantitative estimate of drug-likeness (QED) is 0.836. The Hall–Kier alpha value is -1.11. The zero-order valence-electron chi connectivity index (χ0n) is 11.0. The lowest BCUT2D eigenvalue weighted by atomic mass is 10.1. The molecule has 0 bridgehead atoms. The molecule has 118 valence electrons. The Morgan fingerprint density at radius 1 is 1.48 bits per heavy atom. The third-order valence-corrected chi connectivity index (χ3v) is 3.40. The van der Waals surface area contributed by atoms with E-state index < -0.39 is 12.5 Å². The number of hydrogen-bond donors (Lipinski definition) is 2. The Morgan fingerprint density at radius 2 is 2.14 bits per heavy atom. The number of halogens is 4. The molecule has 0 aromatic heterocycles. The van der Waals surface area contributed by atoms with E-state index in [1.54, 1.807) is 0 Å². The molecule has 0 spiro atoms. The van der Waals surface area contributed by atoms with Crippen molar-refractivity contribution in [2.45, 2.75) is 25.5 Å². The smallest absolute Gasteiger partial charge is 0.387 e. The number of carbonyl (C=O) groups excluding carboxylic acids is 1.